The summed E-state index contributed by atoms with van der Waals surface area (Å²) in [6.07, 6.45) is 0.798. The van der Waals surface area contributed by atoms with Crippen molar-refractivity contribution in [1.82, 2.24) is 10.1 Å². The van der Waals surface area contributed by atoms with Gasteiger partial charge in [-0.15, -0.1) is 0 Å². The Labute approximate surface area is 70.9 Å². The van der Waals surface area contributed by atoms with Gasteiger partial charge in [-0.1, -0.05) is 12.1 Å². The van der Waals surface area contributed by atoms with Crippen molar-refractivity contribution in [3.8, 4) is 0 Å². The molecule has 1 aromatic heterocycles. The normalized spacial score (nSPS) is 13.2. The van der Waals surface area contributed by atoms with Gasteiger partial charge < -0.3 is 15.0 Å². The molecule has 1 heterocycles. The third kappa shape index (κ3) is 2.02. The van der Waals surface area contributed by atoms with Crippen LogP contribution in [-0.4, -0.2) is 17.3 Å². The highest BCUT2D eigenvalue weighted by Gasteiger charge is 2.11. The predicted octanol–water partition coefficient (Wildman–Crippen LogP) is 0.626. The van der Waals surface area contributed by atoms with Crippen molar-refractivity contribution >= 4 is 0 Å². The lowest BCUT2D eigenvalue weighted by molar-refractivity contribution is 0.151. The van der Waals surface area contributed by atoms with E-state index in [9.17, 15) is 0 Å². The molecule has 2 N–H and O–H groups in total. The van der Waals surface area contributed by atoms with Crippen molar-refractivity contribution in [2.75, 3.05) is 7.11 Å². The summed E-state index contributed by atoms with van der Waals surface area (Å²) < 4.78 is 9.68. The van der Waals surface area contributed by atoms with Crippen LogP contribution < -0.4 is 5.73 Å². The second-order valence-electron chi connectivity index (χ2n) is 2.49. The molecule has 0 bridgehead atoms. The minimum atomic E-state index is -0.139. The number of nitrogens with two attached hydrogens (primary N) is 1. The maximum atomic E-state index is 5.68. The molecule has 1 rings (SSSR count). The Morgan fingerprint density at radius 3 is 3.00 bits per heavy atom. The molecule has 0 radical (unpaired) electrons. The van der Waals surface area contributed by atoms with Crippen LogP contribution in [0.3, 0.4) is 0 Å². The average Bonchev–Trinajstić information content (AvgIpc) is 2.52. The van der Waals surface area contributed by atoms with Gasteiger partial charge in [0.05, 0.1) is 6.04 Å². The molecular weight excluding hydrogens is 158 g/mol. The van der Waals surface area contributed by atoms with Gasteiger partial charge in [0.25, 0.3) is 5.89 Å². The van der Waals surface area contributed by atoms with Crippen LogP contribution in [0.1, 0.15) is 31.1 Å². The molecule has 0 spiro atoms. The van der Waals surface area contributed by atoms with Crippen LogP contribution in [0.15, 0.2) is 4.52 Å². The van der Waals surface area contributed by atoms with Gasteiger partial charge in [-0.25, -0.2) is 0 Å². The maximum Gasteiger partial charge on any atom is 0.252 e. The van der Waals surface area contributed by atoms with Gasteiger partial charge in [0.15, 0.2) is 5.82 Å². The van der Waals surface area contributed by atoms with Crippen molar-refractivity contribution in [3.05, 3.63) is 11.7 Å². The van der Waals surface area contributed by atoms with Crippen LogP contribution in [0.25, 0.3) is 0 Å². The Morgan fingerprint density at radius 2 is 2.42 bits per heavy atom. The number of hydrogen-bond acceptors (Lipinski definition) is 5. The molecule has 1 atom stereocenters. The van der Waals surface area contributed by atoms with E-state index >= 15 is 0 Å². The topological polar surface area (TPSA) is 74.2 Å². The standard InChI is InChI=1S/C7H13N3O2/c1-3-5(8)7-9-6(4-11-2)12-10-7/h5H,3-4,8H2,1-2H3. The van der Waals surface area contributed by atoms with Crippen LogP contribution in [-0.2, 0) is 11.3 Å². The smallest absolute Gasteiger partial charge is 0.252 e. The second-order valence-corrected chi connectivity index (χ2v) is 2.49. The third-order valence-corrected chi connectivity index (χ3v) is 1.52. The first-order valence-corrected chi connectivity index (χ1v) is 3.85. The fourth-order valence-corrected chi connectivity index (χ4v) is 0.783. The van der Waals surface area contributed by atoms with Crippen molar-refractivity contribution in [3.63, 3.8) is 0 Å². The molecule has 5 heteroatoms. The van der Waals surface area contributed by atoms with Crippen LogP contribution in [0, 0.1) is 0 Å². The first-order chi connectivity index (χ1) is 5.77. The number of hydrogen-bond donors (Lipinski definition) is 1. The summed E-state index contributed by atoms with van der Waals surface area (Å²) in [5.41, 5.74) is 5.68. The van der Waals surface area contributed by atoms with Gasteiger partial charge in [-0.2, -0.15) is 4.98 Å². The molecule has 1 aromatic rings. The fourth-order valence-electron chi connectivity index (χ4n) is 0.783. The second kappa shape index (κ2) is 4.18. The molecule has 68 valence electrons. The van der Waals surface area contributed by atoms with E-state index in [-0.39, 0.29) is 6.04 Å². The molecule has 12 heavy (non-hydrogen) atoms. The van der Waals surface area contributed by atoms with E-state index in [1.807, 2.05) is 6.92 Å². The summed E-state index contributed by atoms with van der Waals surface area (Å²) in [6.45, 7) is 2.31. The highest BCUT2D eigenvalue weighted by molar-refractivity contribution is 4.91. The SMILES string of the molecule is CCC(N)c1noc(COC)n1. The number of methoxy groups -OCH3 is 1. The molecule has 0 saturated heterocycles. The molecule has 0 aliphatic heterocycles. The molecule has 0 amide bonds. The lowest BCUT2D eigenvalue weighted by Gasteiger charge is -1.99. The Balaban J connectivity index is 2.63. The third-order valence-electron chi connectivity index (χ3n) is 1.52. The van der Waals surface area contributed by atoms with Gasteiger partial charge in [0.1, 0.15) is 6.61 Å². The molecule has 0 aliphatic carbocycles. The summed E-state index contributed by atoms with van der Waals surface area (Å²) >= 11 is 0. The molecule has 0 aliphatic rings. The van der Waals surface area contributed by atoms with Crippen molar-refractivity contribution < 1.29 is 9.26 Å². The number of ether oxygens (including phenoxy) is 1. The zero-order valence-electron chi connectivity index (χ0n) is 7.28. The molecular formula is C7H13N3O2. The Bertz CT molecular complexity index is 236. The van der Waals surface area contributed by atoms with E-state index in [1.165, 1.54) is 0 Å². The van der Waals surface area contributed by atoms with Gasteiger partial charge >= 0.3 is 0 Å². The van der Waals surface area contributed by atoms with E-state index in [4.69, 9.17) is 15.0 Å². The Morgan fingerprint density at radius 1 is 1.67 bits per heavy atom. The fraction of sp³-hybridized carbons (Fsp3) is 0.714. The average molecular weight is 171 g/mol. The van der Waals surface area contributed by atoms with Crippen molar-refractivity contribution in [1.29, 1.82) is 0 Å². The number of nitrogens with zero attached hydrogens (tertiary/aromatic N) is 2. The monoisotopic (exact) mass is 171 g/mol. The predicted molar refractivity (Wildman–Crippen MR) is 42.2 cm³/mol. The summed E-state index contributed by atoms with van der Waals surface area (Å²) in [5, 5.41) is 3.71. The lowest BCUT2D eigenvalue weighted by Crippen LogP contribution is -2.10. The summed E-state index contributed by atoms with van der Waals surface area (Å²) in [7, 11) is 1.57. The summed E-state index contributed by atoms with van der Waals surface area (Å²) in [6, 6.07) is -0.139. The highest BCUT2D eigenvalue weighted by Crippen LogP contribution is 2.09. The number of rotatable bonds is 4. The molecule has 5 nitrogen and oxygen atoms in total. The molecule has 0 saturated carbocycles. The minimum absolute atomic E-state index is 0.139. The Kier molecular flexibility index (Phi) is 3.19. The first-order valence-electron chi connectivity index (χ1n) is 3.85. The zero-order chi connectivity index (χ0) is 8.97. The van der Waals surface area contributed by atoms with E-state index in [1.54, 1.807) is 7.11 Å². The molecule has 1 unspecified atom stereocenters. The van der Waals surface area contributed by atoms with Gasteiger partial charge in [0, 0.05) is 7.11 Å². The molecule has 0 aromatic carbocycles. The summed E-state index contributed by atoms with van der Waals surface area (Å²) in [5.74, 6) is 1.01. The van der Waals surface area contributed by atoms with E-state index in [0.29, 0.717) is 18.3 Å². The quantitative estimate of drug-likeness (QED) is 0.719. The van der Waals surface area contributed by atoms with Gasteiger partial charge in [-0.3, -0.25) is 0 Å². The van der Waals surface area contributed by atoms with E-state index in [2.05, 4.69) is 10.1 Å². The Hall–Kier alpha value is -0.940. The first kappa shape index (κ1) is 9.15. The van der Waals surface area contributed by atoms with Crippen LogP contribution in [0.2, 0.25) is 0 Å². The number of aromatic nitrogens is 2. The van der Waals surface area contributed by atoms with Crippen molar-refractivity contribution in [2.45, 2.75) is 26.0 Å². The maximum absolute atomic E-state index is 5.68. The van der Waals surface area contributed by atoms with E-state index < -0.39 is 0 Å². The van der Waals surface area contributed by atoms with Gasteiger partial charge in [0.2, 0.25) is 0 Å². The van der Waals surface area contributed by atoms with Crippen LogP contribution in [0.5, 0.6) is 0 Å². The van der Waals surface area contributed by atoms with Gasteiger partial charge in [-0.05, 0) is 6.42 Å². The van der Waals surface area contributed by atoms with Crippen LogP contribution in [0.4, 0.5) is 0 Å². The molecule has 0 fully saturated rings. The van der Waals surface area contributed by atoms with E-state index in [0.717, 1.165) is 6.42 Å². The minimum Gasteiger partial charge on any atom is -0.375 e. The largest absolute Gasteiger partial charge is 0.375 e. The van der Waals surface area contributed by atoms with Crippen LogP contribution >= 0.6 is 0 Å². The highest BCUT2D eigenvalue weighted by atomic mass is 16.5. The van der Waals surface area contributed by atoms with Crippen molar-refractivity contribution in [2.24, 2.45) is 5.73 Å². The lowest BCUT2D eigenvalue weighted by atomic mass is 10.2. The summed E-state index contributed by atoms with van der Waals surface area (Å²) in [4.78, 5) is 4.04. The zero-order valence-corrected chi connectivity index (χ0v) is 7.28.